The minimum Gasteiger partial charge on any atom is -0.494 e. The predicted molar refractivity (Wildman–Crippen MR) is 322 cm³/mol. The Morgan fingerprint density at radius 3 is 1.68 bits per heavy atom. The van der Waals surface area contributed by atoms with Gasteiger partial charge in [0.05, 0.1) is 75.3 Å². The van der Waals surface area contributed by atoms with Gasteiger partial charge < -0.3 is 42.6 Å². The second-order valence-corrected chi connectivity index (χ2v) is 23.3. The molecule has 444 valence electrons. The summed E-state index contributed by atoms with van der Waals surface area (Å²) < 4.78 is 48.4. The summed E-state index contributed by atoms with van der Waals surface area (Å²) in [6.07, 6.45) is 25.8. The molecule has 6 heterocycles. The van der Waals surface area contributed by atoms with E-state index in [-0.39, 0.29) is 56.1 Å². The summed E-state index contributed by atoms with van der Waals surface area (Å²) in [5.74, 6) is 7.57. The quantitative estimate of drug-likeness (QED) is 0.100. The van der Waals surface area contributed by atoms with Gasteiger partial charge in [-0.2, -0.15) is 0 Å². The molecule has 4 aliphatic carbocycles. The van der Waals surface area contributed by atoms with Crippen LogP contribution in [-0.4, -0.2) is 101 Å². The summed E-state index contributed by atoms with van der Waals surface area (Å²) >= 11 is 0. The molecular weight excluding hydrogens is 949 g/mol. The highest BCUT2D eigenvalue weighted by Gasteiger charge is 2.62. The molecule has 10 fully saturated rings. The van der Waals surface area contributed by atoms with Crippen LogP contribution in [0.1, 0.15) is 228 Å². The molecule has 15 unspecified atom stereocenters. The van der Waals surface area contributed by atoms with Gasteiger partial charge in [-0.25, -0.2) is 0 Å². The maximum Gasteiger partial charge on any atom is 0.119 e. The topological polar surface area (TPSA) is 103 Å². The van der Waals surface area contributed by atoms with Crippen LogP contribution in [0.4, 0.5) is 0 Å². The summed E-state index contributed by atoms with van der Waals surface area (Å²) in [4.78, 5) is 0. The predicted octanol–water partition coefficient (Wildman–Crippen LogP) is 17.6. The molecule has 0 spiro atoms. The van der Waals surface area contributed by atoms with Gasteiger partial charge in [-0.15, -0.1) is 0 Å². The largest absolute Gasteiger partial charge is 0.494 e. The lowest BCUT2D eigenvalue weighted by Crippen LogP contribution is -2.24. The summed E-state index contributed by atoms with van der Waals surface area (Å²) in [6, 6.07) is 16.8. The number of benzene rings is 2. The fourth-order valence-corrected chi connectivity index (χ4v) is 11.3. The van der Waals surface area contributed by atoms with Crippen molar-refractivity contribution >= 4 is 0 Å². The molecule has 0 N–H and O–H groups in total. The molecule has 0 amide bonds. The second kappa shape index (κ2) is 34.8. The number of fused-ring (bicyclic) bond motifs is 7. The molecule has 10 aliphatic rings. The third kappa shape index (κ3) is 22.7. The van der Waals surface area contributed by atoms with E-state index in [4.69, 9.17) is 42.6 Å². The lowest BCUT2D eigenvalue weighted by Gasteiger charge is -2.26. The Morgan fingerprint density at radius 1 is 0.632 bits per heavy atom. The van der Waals surface area contributed by atoms with Crippen LogP contribution < -0.4 is 9.47 Å². The number of hydrogen-bond acceptors (Lipinski definition) is 9. The zero-order valence-electron chi connectivity index (χ0n) is 45.6. The normalized spacial score (nSPS) is 32.2. The van der Waals surface area contributed by atoms with E-state index in [1.807, 2.05) is 12.1 Å². The van der Waals surface area contributed by atoms with Gasteiger partial charge in [-0.1, -0.05) is 163 Å². The zero-order chi connectivity index (χ0) is 49.7. The summed E-state index contributed by atoms with van der Waals surface area (Å²) in [6.45, 7) is 28.4. The maximum absolute atomic E-state index is 5.76. The van der Waals surface area contributed by atoms with Crippen molar-refractivity contribution in [1.82, 2.24) is 0 Å². The van der Waals surface area contributed by atoms with Gasteiger partial charge in [-0.3, -0.25) is 0 Å². The van der Waals surface area contributed by atoms with E-state index in [9.17, 15) is 0 Å². The molecule has 6 aliphatic heterocycles. The van der Waals surface area contributed by atoms with E-state index >= 15 is 0 Å². The van der Waals surface area contributed by atoms with Gasteiger partial charge in [0.15, 0.2) is 0 Å². The number of unbranched alkanes of at least 4 members (excludes halogenated alkanes) is 2. The highest BCUT2D eigenvalue weighted by atomic mass is 16.6. The lowest BCUT2D eigenvalue weighted by atomic mass is 9.76. The Bertz CT molecular complexity index is 1770. The van der Waals surface area contributed by atoms with E-state index in [1.165, 1.54) is 101 Å². The summed E-state index contributed by atoms with van der Waals surface area (Å²) in [7, 11) is 0. The van der Waals surface area contributed by atoms with E-state index in [0.717, 1.165) is 112 Å². The Balaban J connectivity index is 0.000000482. The smallest absolute Gasteiger partial charge is 0.119 e. The first-order chi connectivity index (χ1) is 33.9. The van der Waals surface area contributed by atoms with Crippen LogP contribution in [-0.2, 0) is 38.6 Å². The lowest BCUT2D eigenvalue weighted by molar-refractivity contribution is 0.114. The number of rotatable bonds is 19. The van der Waals surface area contributed by atoms with Crippen molar-refractivity contribution in [1.29, 1.82) is 0 Å². The SMILES string of the molecule is C.C.C.C.C.C.CC1CC2CC1C1OC21.CCC(C)C1CCC2(C)OC2C1.CCC1CO1.CCCC1CCC2OC2C1.CCCCOCC1CO1.CCCCOc1ccc(C(C)(C)c2ccc(OCC3CO3)cc2)cc1. The first kappa shape index (κ1) is 71.8. The number of ether oxygens (including phenoxy) is 9. The molecular formula is C67H122O9. The molecule has 76 heavy (non-hydrogen) atoms. The van der Waals surface area contributed by atoms with Crippen molar-refractivity contribution in [3.05, 3.63) is 59.7 Å². The molecule has 12 rings (SSSR count). The van der Waals surface area contributed by atoms with Gasteiger partial charge in [0.25, 0.3) is 0 Å². The monoisotopic (exact) mass is 1070 g/mol. The average Bonchev–Trinajstić information content (AvgIpc) is 4.14. The molecule has 6 saturated heterocycles. The van der Waals surface area contributed by atoms with Crippen molar-refractivity contribution in [3.63, 3.8) is 0 Å². The van der Waals surface area contributed by atoms with Gasteiger partial charge >= 0.3 is 0 Å². The summed E-state index contributed by atoms with van der Waals surface area (Å²) in [5.41, 5.74) is 2.78. The molecule has 2 bridgehead atoms. The number of epoxide rings is 6. The first-order valence-corrected chi connectivity index (χ1v) is 28.8. The van der Waals surface area contributed by atoms with Crippen LogP contribution in [0, 0.1) is 35.5 Å². The van der Waals surface area contributed by atoms with Crippen molar-refractivity contribution in [2.24, 2.45) is 35.5 Å². The molecule has 9 heteroatoms. The molecule has 15 atom stereocenters. The van der Waals surface area contributed by atoms with Crippen LogP contribution in [0.15, 0.2) is 48.5 Å². The van der Waals surface area contributed by atoms with Gasteiger partial charge in [0, 0.05) is 12.0 Å². The van der Waals surface area contributed by atoms with Crippen LogP contribution in [0.3, 0.4) is 0 Å². The number of hydrogen-bond donors (Lipinski definition) is 0. The first-order valence-electron chi connectivity index (χ1n) is 28.8. The van der Waals surface area contributed by atoms with Crippen molar-refractivity contribution in [2.75, 3.05) is 46.2 Å². The highest BCUT2D eigenvalue weighted by molar-refractivity contribution is 5.42. The van der Waals surface area contributed by atoms with E-state index < -0.39 is 0 Å². The third-order valence-electron chi connectivity index (χ3n) is 17.2. The second-order valence-electron chi connectivity index (χ2n) is 23.3. The van der Waals surface area contributed by atoms with Gasteiger partial charge in [0.2, 0.25) is 0 Å². The molecule has 2 aromatic rings. The minimum atomic E-state index is -0.0694. The van der Waals surface area contributed by atoms with Gasteiger partial charge in [-0.05, 0) is 148 Å². The van der Waals surface area contributed by atoms with Crippen LogP contribution >= 0.6 is 0 Å². The van der Waals surface area contributed by atoms with E-state index in [2.05, 4.69) is 106 Å². The highest BCUT2D eigenvalue weighted by Crippen LogP contribution is 2.58. The molecule has 9 nitrogen and oxygen atoms in total. The summed E-state index contributed by atoms with van der Waals surface area (Å²) in [5, 5.41) is 0. The Hall–Kier alpha value is -2.24. The van der Waals surface area contributed by atoms with Crippen LogP contribution in [0.5, 0.6) is 11.5 Å². The molecule has 2 aromatic carbocycles. The Kier molecular flexibility index (Phi) is 32.9. The molecule has 0 radical (unpaired) electrons. The Morgan fingerprint density at radius 2 is 1.21 bits per heavy atom. The standard InChI is InChI=1S/C22H28O3.C11H20O.C9H16O.C8H12O.C7H14O2.C4H8O.6CH4/c1-4-5-14-23-19-10-6-17(7-11-19)22(2,3)18-8-12-20(13-9-18)24-15-21-16-25-21;1-4-8(2)9-5-6-11(3)10(7-9)12-11;1-2-3-7-4-5-8-9(6-7)10-8;1-4-2-5-3-6(4)8-7(5)9-8;1-2-3-4-8-5-7-6-9-7;1-2-4-3-5-4;;;;;;/h6-13,21H,4-5,14-16H2,1-3H3;8-10H,4-7H2,1-3H3;7-9H,2-6H2,1H3;4-8H,2-3H2,1H3;7H,2-6H2,1H3;4H,2-3H2,1H3;6*1H4. The molecule has 0 aromatic heterocycles. The minimum absolute atomic E-state index is 0. The van der Waals surface area contributed by atoms with Crippen LogP contribution in [0.25, 0.3) is 0 Å². The van der Waals surface area contributed by atoms with Crippen LogP contribution in [0.2, 0.25) is 0 Å². The Labute approximate surface area is 470 Å². The maximum atomic E-state index is 5.76. The fraction of sp³-hybridized carbons (Fsp3) is 0.821. The molecule has 4 saturated carbocycles. The fourth-order valence-electron chi connectivity index (χ4n) is 11.3. The van der Waals surface area contributed by atoms with E-state index in [1.54, 1.807) is 0 Å². The van der Waals surface area contributed by atoms with Crippen molar-refractivity contribution in [2.45, 2.75) is 276 Å². The zero-order valence-corrected chi connectivity index (χ0v) is 45.6. The average molecular weight is 1070 g/mol. The van der Waals surface area contributed by atoms with Gasteiger partial charge in [0.1, 0.15) is 30.3 Å². The third-order valence-corrected chi connectivity index (χ3v) is 17.2. The van der Waals surface area contributed by atoms with E-state index in [0.29, 0.717) is 42.7 Å². The van der Waals surface area contributed by atoms with Crippen molar-refractivity contribution < 1.29 is 42.6 Å². The van der Waals surface area contributed by atoms with Crippen molar-refractivity contribution in [3.8, 4) is 11.5 Å².